The van der Waals surface area contributed by atoms with Gasteiger partial charge in [0.25, 0.3) is 5.91 Å². The van der Waals surface area contributed by atoms with E-state index in [0.29, 0.717) is 24.3 Å². The van der Waals surface area contributed by atoms with E-state index >= 15 is 0 Å². The third kappa shape index (κ3) is 2.61. The third-order valence-electron chi connectivity index (χ3n) is 3.04. The first kappa shape index (κ1) is 12.4. The number of anilines is 1. The van der Waals surface area contributed by atoms with E-state index in [-0.39, 0.29) is 18.4 Å². The van der Waals surface area contributed by atoms with Crippen LogP contribution in [0.15, 0.2) is 18.2 Å². The molecule has 1 fully saturated rings. The molecule has 0 aromatic heterocycles. The van der Waals surface area contributed by atoms with Crippen molar-refractivity contribution in [1.82, 2.24) is 10.2 Å². The van der Waals surface area contributed by atoms with E-state index in [1.54, 1.807) is 17.0 Å². The number of nitrogens with two attached hydrogens (primary N) is 1. The van der Waals surface area contributed by atoms with Crippen LogP contribution in [0.4, 0.5) is 5.69 Å². The Labute approximate surface area is 106 Å². The lowest BCUT2D eigenvalue weighted by molar-refractivity contribution is -0.121. The Balaban J connectivity index is 2.24. The normalized spacial score (nSPS) is 16.1. The van der Waals surface area contributed by atoms with Crippen LogP contribution in [0.1, 0.15) is 22.3 Å². The van der Waals surface area contributed by atoms with E-state index in [1.807, 2.05) is 13.0 Å². The lowest BCUT2D eigenvalue weighted by atomic mass is 10.1. The van der Waals surface area contributed by atoms with Gasteiger partial charge >= 0.3 is 0 Å². The Bertz CT molecular complexity index is 485. The largest absolute Gasteiger partial charge is 0.399 e. The van der Waals surface area contributed by atoms with Gasteiger partial charge in [0.15, 0.2) is 0 Å². The van der Waals surface area contributed by atoms with Crippen molar-refractivity contribution in [2.24, 2.45) is 0 Å². The van der Waals surface area contributed by atoms with Crippen molar-refractivity contribution >= 4 is 17.5 Å². The summed E-state index contributed by atoms with van der Waals surface area (Å²) in [6.07, 6.45) is 0.777. The number of amides is 2. The van der Waals surface area contributed by atoms with Crippen LogP contribution in [0.2, 0.25) is 0 Å². The monoisotopic (exact) mass is 247 g/mol. The van der Waals surface area contributed by atoms with Gasteiger partial charge in [-0.3, -0.25) is 9.59 Å². The van der Waals surface area contributed by atoms with Gasteiger partial charge < -0.3 is 16.0 Å². The molecule has 0 spiro atoms. The molecular weight excluding hydrogens is 230 g/mol. The van der Waals surface area contributed by atoms with Crippen LogP contribution in [0.25, 0.3) is 0 Å². The highest BCUT2D eigenvalue weighted by atomic mass is 16.2. The van der Waals surface area contributed by atoms with Gasteiger partial charge in [0.1, 0.15) is 0 Å². The van der Waals surface area contributed by atoms with Gasteiger partial charge in [0, 0.05) is 24.3 Å². The van der Waals surface area contributed by atoms with E-state index < -0.39 is 0 Å². The summed E-state index contributed by atoms with van der Waals surface area (Å²) < 4.78 is 0. The van der Waals surface area contributed by atoms with E-state index in [1.165, 1.54) is 0 Å². The van der Waals surface area contributed by atoms with Gasteiger partial charge in [-0.1, -0.05) is 6.07 Å². The fourth-order valence-corrected chi connectivity index (χ4v) is 2.02. The molecule has 0 saturated carbocycles. The van der Waals surface area contributed by atoms with Crippen molar-refractivity contribution in [2.75, 3.05) is 25.4 Å². The lowest BCUT2D eigenvalue weighted by Crippen LogP contribution is -2.37. The first-order valence-electron chi connectivity index (χ1n) is 6.00. The average Bonchev–Trinajstić information content (AvgIpc) is 2.56. The van der Waals surface area contributed by atoms with Gasteiger partial charge in [-0.05, 0) is 31.0 Å². The van der Waals surface area contributed by atoms with E-state index in [9.17, 15) is 9.59 Å². The predicted molar refractivity (Wildman–Crippen MR) is 69.1 cm³/mol. The Morgan fingerprint density at radius 3 is 3.00 bits per heavy atom. The van der Waals surface area contributed by atoms with Crippen LogP contribution in [-0.4, -0.2) is 36.3 Å². The second kappa shape index (κ2) is 5.08. The fourth-order valence-electron chi connectivity index (χ4n) is 2.02. The highest BCUT2D eigenvalue weighted by molar-refractivity contribution is 5.98. The minimum atomic E-state index is -0.128. The molecule has 0 unspecified atom stereocenters. The lowest BCUT2D eigenvalue weighted by Gasteiger charge is -2.20. The number of benzene rings is 1. The van der Waals surface area contributed by atoms with Crippen molar-refractivity contribution in [1.29, 1.82) is 0 Å². The number of aryl methyl sites for hydroxylation is 1. The number of carbonyl (C=O) groups is 2. The molecule has 1 aromatic rings. The average molecular weight is 247 g/mol. The molecule has 0 aliphatic carbocycles. The minimum absolute atomic E-state index is 0.109. The summed E-state index contributed by atoms with van der Waals surface area (Å²) in [7, 11) is 0. The maximum atomic E-state index is 12.4. The van der Waals surface area contributed by atoms with E-state index in [2.05, 4.69) is 5.32 Å². The molecule has 96 valence electrons. The maximum Gasteiger partial charge on any atom is 0.254 e. The minimum Gasteiger partial charge on any atom is -0.399 e. The van der Waals surface area contributed by atoms with Crippen molar-refractivity contribution < 1.29 is 9.59 Å². The number of nitrogens with one attached hydrogen (secondary N) is 1. The first-order valence-corrected chi connectivity index (χ1v) is 6.00. The molecular formula is C13H17N3O2. The molecule has 1 aliphatic rings. The second-order valence-electron chi connectivity index (χ2n) is 4.50. The molecule has 5 heteroatoms. The fraction of sp³-hybridized carbons (Fsp3) is 0.385. The number of nitrogens with zero attached hydrogens (tertiary/aromatic N) is 1. The van der Waals surface area contributed by atoms with Crippen LogP contribution in [0.5, 0.6) is 0 Å². The van der Waals surface area contributed by atoms with Crippen LogP contribution < -0.4 is 11.1 Å². The number of hydrogen-bond donors (Lipinski definition) is 2. The number of hydrogen-bond acceptors (Lipinski definition) is 3. The summed E-state index contributed by atoms with van der Waals surface area (Å²) in [6.45, 7) is 3.20. The quantitative estimate of drug-likeness (QED) is 0.711. The molecule has 1 aromatic carbocycles. The smallest absolute Gasteiger partial charge is 0.254 e. The second-order valence-corrected chi connectivity index (χ2v) is 4.50. The summed E-state index contributed by atoms with van der Waals surface area (Å²) in [5.74, 6) is -0.237. The standard InChI is InChI=1S/C13H17N3O2/c1-9-3-4-10(14)7-11(9)13(18)16-6-2-5-15-12(17)8-16/h3-4,7H,2,5-6,8,14H2,1H3,(H,15,17). The van der Waals surface area contributed by atoms with Crippen molar-refractivity contribution in [2.45, 2.75) is 13.3 Å². The molecule has 0 atom stereocenters. The topological polar surface area (TPSA) is 75.4 Å². The molecule has 1 aliphatic heterocycles. The summed E-state index contributed by atoms with van der Waals surface area (Å²) in [5, 5.41) is 2.75. The van der Waals surface area contributed by atoms with Gasteiger partial charge in [-0.25, -0.2) is 0 Å². The molecule has 2 rings (SSSR count). The Hall–Kier alpha value is -2.04. The molecule has 0 radical (unpaired) electrons. The first-order chi connectivity index (χ1) is 8.58. The van der Waals surface area contributed by atoms with E-state index in [0.717, 1.165) is 12.0 Å². The molecule has 1 heterocycles. The SMILES string of the molecule is Cc1ccc(N)cc1C(=O)N1CCCNC(=O)C1. The van der Waals surface area contributed by atoms with Crippen LogP contribution in [0.3, 0.4) is 0 Å². The van der Waals surface area contributed by atoms with Crippen LogP contribution in [0, 0.1) is 6.92 Å². The zero-order chi connectivity index (χ0) is 13.1. The highest BCUT2D eigenvalue weighted by Gasteiger charge is 2.22. The highest BCUT2D eigenvalue weighted by Crippen LogP contribution is 2.15. The zero-order valence-corrected chi connectivity index (χ0v) is 10.4. The molecule has 1 saturated heterocycles. The molecule has 18 heavy (non-hydrogen) atoms. The molecule has 2 amide bonds. The van der Waals surface area contributed by atoms with Crippen molar-refractivity contribution in [3.8, 4) is 0 Å². The van der Waals surface area contributed by atoms with Gasteiger partial charge in [0.05, 0.1) is 6.54 Å². The van der Waals surface area contributed by atoms with Crippen molar-refractivity contribution in [3.05, 3.63) is 29.3 Å². The number of nitrogen functional groups attached to an aromatic ring is 1. The van der Waals surface area contributed by atoms with Crippen LogP contribution in [-0.2, 0) is 4.79 Å². The summed E-state index contributed by atoms with van der Waals surface area (Å²) in [6, 6.07) is 5.25. The molecule has 0 bridgehead atoms. The third-order valence-corrected chi connectivity index (χ3v) is 3.04. The molecule has 3 N–H and O–H groups in total. The number of carbonyl (C=O) groups excluding carboxylic acids is 2. The Morgan fingerprint density at radius 2 is 2.22 bits per heavy atom. The van der Waals surface area contributed by atoms with Crippen molar-refractivity contribution in [3.63, 3.8) is 0 Å². The van der Waals surface area contributed by atoms with Gasteiger partial charge in [0.2, 0.25) is 5.91 Å². The van der Waals surface area contributed by atoms with Crippen LogP contribution >= 0.6 is 0 Å². The summed E-state index contributed by atoms with van der Waals surface area (Å²) in [5.41, 5.74) is 7.71. The van der Waals surface area contributed by atoms with Gasteiger partial charge in [-0.15, -0.1) is 0 Å². The maximum absolute atomic E-state index is 12.4. The Kier molecular flexibility index (Phi) is 3.50. The Morgan fingerprint density at radius 1 is 1.44 bits per heavy atom. The molecule has 5 nitrogen and oxygen atoms in total. The zero-order valence-electron chi connectivity index (χ0n) is 10.4. The predicted octanol–water partition coefficient (Wildman–Crippen LogP) is 0.539. The summed E-state index contributed by atoms with van der Waals surface area (Å²) in [4.78, 5) is 25.4. The van der Waals surface area contributed by atoms with Gasteiger partial charge in [-0.2, -0.15) is 0 Å². The van der Waals surface area contributed by atoms with E-state index in [4.69, 9.17) is 5.73 Å². The number of rotatable bonds is 1. The summed E-state index contributed by atoms with van der Waals surface area (Å²) >= 11 is 0.